The Morgan fingerprint density at radius 2 is 1.80 bits per heavy atom. The molecule has 1 aromatic carbocycles. The molecule has 0 amide bonds. The SMILES string of the molecule is CC1(C)CC(=O)c2c(oc(C=O)c2-c2ccccc2)C1. The summed E-state index contributed by atoms with van der Waals surface area (Å²) in [6.07, 6.45) is 1.86. The van der Waals surface area contributed by atoms with Crippen LogP contribution in [0, 0.1) is 5.41 Å². The smallest absolute Gasteiger partial charge is 0.185 e. The molecule has 0 unspecified atom stereocenters. The summed E-state index contributed by atoms with van der Waals surface area (Å²) in [5.41, 5.74) is 1.98. The predicted molar refractivity (Wildman–Crippen MR) is 76.0 cm³/mol. The number of benzene rings is 1. The summed E-state index contributed by atoms with van der Waals surface area (Å²) in [4.78, 5) is 23.7. The maximum Gasteiger partial charge on any atom is 0.185 e. The van der Waals surface area contributed by atoms with Gasteiger partial charge in [0.15, 0.2) is 17.8 Å². The number of ketones is 1. The molecule has 3 heteroatoms. The molecule has 3 nitrogen and oxygen atoms in total. The van der Waals surface area contributed by atoms with E-state index in [-0.39, 0.29) is 17.0 Å². The Kier molecular flexibility index (Phi) is 2.85. The standard InChI is InChI=1S/C17H16O3/c1-17(2)8-12(19)16-13(9-17)20-14(10-18)15(16)11-6-4-3-5-7-11/h3-7,10H,8-9H2,1-2H3. The summed E-state index contributed by atoms with van der Waals surface area (Å²) < 4.78 is 5.66. The van der Waals surface area contributed by atoms with Gasteiger partial charge in [-0.25, -0.2) is 0 Å². The van der Waals surface area contributed by atoms with E-state index in [9.17, 15) is 9.59 Å². The van der Waals surface area contributed by atoms with Crippen LogP contribution in [0.3, 0.4) is 0 Å². The van der Waals surface area contributed by atoms with Gasteiger partial charge in [0.05, 0.1) is 5.56 Å². The van der Waals surface area contributed by atoms with Gasteiger partial charge >= 0.3 is 0 Å². The summed E-state index contributed by atoms with van der Waals surface area (Å²) >= 11 is 0. The molecule has 0 N–H and O–H groups in total. The van der Waals surface area contributed by atoms with E-state index in [0.29, 0.717) is 36.0 Å². The first-order valence-electron chi connectivity index (χ1n) is 6.71. The van der Waals surface area contributed by atoms with E-state index in [4.69, 9.17) is 4.42 Å². The van der Waals surface area contributed by atoms with Crippen LogP contribution in [0.5, 0.6) is 0 Å². The molecule has 1 aliphatic rings. The lowest BCUT2D eigenvalue weighted by Crippen LogP contribution is -2.26. The monoisotopic (exact) mass is 268 g/mol. The topological polar surface area (TPSA) is 47.3 Å². The first-order valence-corrected chi connectivity index (χ1v) is 6.71. The fraction of sp³-hybridized carbons (Fsp3) is 0.294. The summed E-state index contributed by atoms with van der Waals surface area (Å²) in [6, 6.07) is 9.47. The van der Waals surface area contributed by atoms with Crippen LogP contribution in [-0.4, -0.2) is 12.1 Å². The lowest BCUT2D eigenvalue weighted by Gasteiger charge is -2.27. The van der Waals surface area contributed by atoms with Crippen molar-refractivity contribution in [1.29, 1.82) is 0 Å². The normalized spacial score (nSPS) is 16.8. The van der Waals surface area contributed by atoms with Crippen LogP contribution in [0.25, 0.3) is 11.1 Å². The molecule has 0 fully saturated rings. The second kappa shape index (κ2) is 4.44. The third-order valence-electron chi connectivity index (χ3n) is 3.73. The quantitative estimate of drug-likeness (QED) is 0.776. The van der Waals surface area contributed by atoms with Crippen LogP contribution in [0.1, 0.15) is 46.9 Å². The van der Waals surface area contributed by atoms with Crippen LogP contribution in [-0.2, 0) is 6.42 Å². The number of aldehydes is 1. The van der Waals surface area contributed by atoms with Crippen molar-refractivity contribution >= 4 is 12.1 Å². The Bertz CT molecular complexity index is 678. The van der Waals surface area contributed by atoms with Gasteiger partial charge in [0.2, 0.25) is 0 Å². The second-order valence-corrected chi connectivity index (χ2v) is 6.06. The van der Waals surface area contributed by atoms with Crippen molar-refractivity contribution in [2.24, 2.45) is 5.41 Å². The van der Waals surface area contributed by atoms with Gasteiger partial charge in [0, 0.05) is 18.4 Å². The van der Waals surface area contributed by atoms with Gasteiger partial charge in [-0.3, -0.25) is 9.59 Å². The van der Waals surface area contributed by atoms with Crippen molar-refractivity contribution in [3.8, 4) is 11.1 Å². The number of hydrogen-bond donors (Lipinski definition) is 0. The highest BCUT2D eigenvalue weighted by Gasteiger charge is 2.37. The van der Waals surface area contributed by atoms with Crippen molar-refractivity contribution < 1.29 is 14.0 Å². The number of furan rings is 1. The van der Waals surface area contributed by atoms with E-state index in [2.05, 4.69) is 0 Å². The maximum absolute atomic E-state index is 12.4. The summed E-state index contributed by atoms with van der Waals surface area (Å²) in [5, 5.41) is 0. The highest BCUT2D eigenvalue weighted by molar-refractivity contribution is 6.07. The average molecular weight is 268 g/mol. The molecule has 0 saturated heterocycles. The second-order valence-electron chi connectivity index (χ2n) is 6.06. The highest BCUT2D eigenvalue weighted by atomic mass is 16.3. The van der Waals surface area contributed by atoms with Gasteiger partial charge in [-0.1, -0.05) is 44.2 Å². The van der Waals surface area contributed by atoms with E-state index < -0.39 is 0 Å². The van der Waals surface area contributed by atoms with Gasteiger partial charge in [-0.15, -0.1) is 0 Å². The van der Waals surface area contributed by atoms with Crippen molar-refractivity contribution in [2.75, 3.05) is 0 Å². The van der Waals surface area contributed by atoms with Gasteiger partial charge in [-0.2, -0.15) is 0 Å². The Morgan fingerprint density at radius 3 is 2.45 bits per heavy atom. The number of rotatable bonds is 2. The molecule has 102 valence electrons. The number of fused-ring (bicyclic) bond motifs is 1. The molecule has 0 radical (unpaired) electrons. The summed E-state index contributed by atoms with van der Waals surface area (Å²) in [6.45, 7) is 4.08. The van der Waals surface area contributed by atoms with Gasteiger partial charge in [-0.05, 0) is 11.0 Å². The van der Waals surface area contributed by atoms with Crippen molar-refractivity contribution in [2.45, 2.75) is 26.7 Å². The van der Waals surface area contributed by atoms with E-state index in [1.165, 1.54) is 0 Å². The molecule has 0 aliphatic heterocycles. The van der Waals surface area contributed by atoms with E-state index in [1.807, 2.05) is 44.2 Å². The number of Topliss-reactive ketones (excluding diaryl/α,β-unsaturated/α-hetero) is 1. The van der Waals surface area contributed by atoms with Gasteiger partial charge in [0.1, 0.15) is 5.76 Å². The Labute approximate surface area is 117 Å². The molecular weight excluding hydrogens is 252 g/mol. The number of carbonyl (C=O) groups is 2. The fourth-order valence-corrected chi connectivity index (χ4v) is 2.91. The van der Waals surface area contributed by atoms with Gasteiger partial charge < -0.3 is 4.42 Å². The molecule has 1 aromatic heterocycles. The van der Waals surface area contributed by atoms with Crippen LogP contribution in [0.15, 0.2) is 34.7 Å². The summed E-state index contributed by atoms with van der Waals surface area (Å²) in [5.74, 6) is 0.964. The Balaban J connectivity index is 2.24. The number of hydrogen-bond acceptors (Lipinski definition) is 3. The lowest BCUT2D eigenvalue weighted by molar-refractivity contribution is 0.0902. The van der Waals surface area contributed by atoms with E-state index in [1.54, 1.807) is 0 Å². The van der Waals surface area contributed by atoms with Crippen molar-refractivity contribution in [3.63, 3.8) is 0 Å². The Morgan fingerprint density at radius 1 is 1.10 bits per heavy atom. The zero-order valence-electron chi connectivity index (χ0n) is 11.6. The zero-order chi connectivity index (χ0) is 14.3. The van der Waals surface area contributed by atoms with E-state index in [0.717, 1.165) is 5.56 Å². The molecule has 0 bridgehead atoms. The van der Waals surface area contributed by atoms with Crippen molar-refractivity contribution in [3.05, 3.63) is 47.4 Å². The van der Waals surface area contributed by atoms with Gasteiger partial charge in [0.25, 0.3) is 0 Å². The molecule has 0 spiro atoms. The largest absolute Gasteiger partial charge is 0.457 e. The fourth-order valence-electron chi connectivity index (χ4n) is 2.91. The van der Waals surface area contributed by atoms with Crippen LogP contribution < -0.4 is 0 Å². The average Bonchev–Trinajstić information content (AvgIpc) is 2.76. The molecule has 0 atom stereocenters. The first-order chi connectivity index (χ1) is 9.52. The minimum Gasteiger partial charge on any atom is -0.457 e. The minimum absolute atomic E-state index is 0.0620. The van der Waals surface area contributed by atoms with E-state index >= 15 is 0 Å². The predicted octanol–water partition coefficient (Wildman–Crippen LogP) is 3.91. The zero-order valence-corrected chi connectivity index (χ0v) is 11.6. The molecule has 1 heterocycles. The minimum atomic E-state index is -0.115. The van der Waals surface area contributed by atoms with Crippen LogP contribution in [0.2, 0.25) is 0 Å². The molecule has 0 saturated carbocycles. The van der Waals surface area contributed by atoms with Crippen molar-refractivity contribution in [1.82, 2.24) is 0 Å². The first kappa shape index (κ1) is 12.9. The summed E-state index contributed by atoms with van der Waals surface area (Å²) in [7, 11) is 0. The molecular formula is C17H16O3. The Hall–Kier alpha value is -2.16. The van der Waals surface area contributed by atoms with Crippen LogP contribution in [0.4, 0.5) is 0 Å². The third kappa shape index (κ3) is 1.99. The molecule has 20 heavy (non-hydrogen) atoms. The lowest BCUT2D eigenvalue weighted by atomic mass is 9.75. The molecule has 3 rings (SSSR count). The highest BCUT2D eigenvalue weighted by Crippen LogP contribution is 2.41. The van der Waals surface area contributed by atoms with Crippen LogP contribution >= 0.6 is 0 Å². The molecule has 1 aliphatic carbocycles. The third-order valence-corrected chi connectivity index (χ3v) is 3.73. The molecule has 2 aromatic rings. The maximum atomic E-state index is 12.4. The number of carbonyl (C=O) groups excluding carboxylic acids is 2.